The zero-order valence-electron chi connectivity index (χ0n) is 8.46. The van der Waals surface area contributed by atoms with E-state index in [2.05, 4.69) is 43.3 Å². The van der Waals surface area contributed by atoms with Gasteiger partial charge in [0.05, 0.1) is 0 Å². The molecule has 0 unspecified atom stereocenters. The molecule has 0 aromatic heterocycles. The minimum atomic E-state index is 0.715. The highest BCUT2D eigenvalue weighted by atomic mass is 14.5. The van der Waals surface area contributed by atoms with Gasteiger partial charge in [0, 0.05) is 0 Å². The van der Waals surface area contributed by atoms with Gasteiger partial charge in [-0.15, -0.1) is 0 Å². The predicted octanol–water partition coefficient (Wildman–Crippen LogP) is 2.65. The molecule has 0 spiro atoms. The molecule has 2 aromatic rings. The Labute approximate surface area is 84.5 Å². The first kappa shape index (κ1) is 9.22. The average Bonchev–Trinajstić information content (AvgIpc) is 2.23. The van der Waals surface area contributed by atoms with E-state index in [9.17, 15) is 0 Å². The molecular weight excluding hydrogens is 170 g/mol. The van der Waals surface area contributed by atoms with Gasteiger partial charge in [-0.1, -0.05) is 36.4 Å². The average molecular weight is 185 g/mol. The molecule has 0 aliphatic rings. The molecule has 0 saturated heterocycles. The van der Waals surface area contributed by atoms with Crippen LogP contribution < -0.4 is 5.73 Å². The molecule has 2 N–H and O–H groups in total. The molecule has 14 heavy (non-hydrogen) atoms. The van der Waals surface area contributed by atoms with Crippen molar-refractivity contribution in [1.29, 1.82) is 0 Å². The Balaban J connectivity index is 2.68. The molecule has 0 amide bonds. The summed E-state index contributed by atoms with van der Waals surface area (Å²) in [4.78, 5) is 0. The molecule has 1 nitrogen and oxygen atoms in total. The number of hydrogen-bond donors (Lipinski definition) is 1. The van der Waals surface area contributed by atoms with Crippen LogP contribution in [0.25, 0.3) is 10.8 Å². The van der Waals surface area contributed by atoms with Gasteiger partial charge >= 0.3 is 0 Å². The highest BCUT2D eigenvalue weighted by Crippen LogP contribution is 2.22. The number of nitrogens with two attached hydrogens (primary N) is 1. The second-order valence-corrected chi connectivity index (χ2v) is 3.63. The first-order chi connectivity index (χ1) is 6.83. The molecule has 0 radical (unpaired) electrons. The summed E-state index contributed by atoms with van der Waals surface area (Å²) in [7, 11) is 0. The molecule has 0 heterocycles. The van der Waals surface area contributed by atoms with Gasteiger partial charge in [0.2, 0.25) is 0 Å². The Kier molecular flexibility index (Phi) is 2.51. The molecule has 72 valence electrons. The lowest BCUT2D eigenvalue weighted by molar-refractivity contribution is 0.977. The fourth-order valence-electron chi connectivity index (χ4n) is 1.89. The minimum absolute atomic E-state index is 0.715. The van der Waals surface area contributed by atoms with E-state index in [0.29, 0.717) is 6.54 Å². The van der Waals surface area contributed by atoms with Crippen molar-refractivity contribution in [3.05, 3.63) is 47.5 Å². The summed E-state index contributed by atoms with van der Waals surface area (Å²) < 4.78 is 0. The molecule has 2 aromatic carbocycles. The van der Waals surface area contributed by atoms with Crippen LogP contribution in [0, 0.1) is 6.92 Å². The Morgan fingerprint density at radius 2 is 1.71 bits per heavy atom. The summed E-state index contributed by atoms with van der Waals surface area (Å²) >= 11 is 0. The maximum atomic E-state index is 5.59. The fraction of sp³-hybridized carbons (Fsp3) is 0.231. The number of fused-ring (bicyclic) bond motifs is 1. The van der Waals surface area contributed by atoms with Gasteiger partial charge in [-0.05, 0) is 41.8 Å². The molecule has 1 heteroatoms. The summed E-state index contributed by atoms with van der Waals surface area (Å²) in [6, 6.07) is 12.9. The van der Waals surface area contributed by atoms with E-state index in [4.69, 9.17) is 5.73 Å². The highest BCUT2D eigenvalue weighted by Gasteiger charge is 2.01. The third-order valence-corrected chi connectivity index (χ3v) is 2.65. The largest absolute Gasteiger partial charge is 0.330 e. The number of hydrogen-bond acceptors (Lipinski definition) is 1. The van der Waals surface area contributed by atoms with E-state index >= 15 is 0 Å². The molecule has 0 aliphatic carbocycles. The van der Waals surface area contributed by atoms with Gasteiger partial charge in [-0.3, -0.25) is 0 Å². The summed E-state index contributed by atoms with van der Waals surface area (Å²) in [5.41, 5.74) is 8.28. The van der Waals surface area contributed by atoms with Gasteiger partial charge in [0.15, 0.2) is 0 Å². The lowest BCUT2D eigenvalue weighted by Crippen LogP contribution is -2.03. The van der Waals surface area contributed by atoms with Crippen molar-refractivity contribution in [3.8, 4) is 0 Å². The quantitative estimate of drug-likeness (QED) is 0.764. The zero-order chi connectivity index (χ0) is 9.97. The van der Waals surface area contributed by atoms with Crippen molar-refractivity contribution >= 4 is 10.8 Å². The van der Waals surface area contributed by atoms with Crippen LogP contribution in [-0.4, -0.2) is 6.54 Å². The maximum Gasteiger partial charge on any atom is -0.00365 e. The monoisotopic (exact) mass is 185 g/mol. The van der Waals surface area contributed by atoms with Crippen LogP contribution in [0.2, 0.25) is 0 Å². The second-order valence-electron chi connectivity index (χ2n) is 3.63. The van der Waals surface area contributed by atoms with E-state index in [0.717, 1.165) is 6.42 Å². The third-order valence-electron chi connectivity index (χ3n) is 2.65. The van der Waals surface area contributed by atoms with Crippen molar-refractivity contribution in [2.45, 2.75) is 13.3 Å². The summed E-state index contributed by atoms with van der Waals surface area (Å²) in [5, 5.41) is 2.69. The molecule has 0 bridgehead atoms. The molecule has 0 aliphatic heterocycles. The Hall–Kier alpha value is -1.34. The molecule has 0 saturated carbocycles. The molecule has 0 atom stereocenters. The number of rotatable bonds is 2. The Morgan fingerprint density at radius 1 is 1.00 bits per heavy atom. The first-order valence-corrected chi connectivity index (χ1v) is 5.00. The van der Waals surface area contributed by atoms with E-state index in [1.807, 2.05) is 0 Å². The van der Waals surface area contributed by atoms with Crippen LogP contribution in [0.4, 0.5) is 0 Å². The van der Waals surface area contributed by atoms with Crippen molar-refractivity contribution in [3.63, 3.8) is 0 Å². The summed E-state index contributed by atoms with van der Waals surface area (Å²) in [6.07, 6.45) is 0.959. The van der Waals surface area contributed by atoms with Gasteiger partial charge in [-0.25, -0.2) is 0 Å². The summed E-state index contributed by atoms with van der Waals surface area (Å²) in [5.74, 6) is 0. The van der Waals surface area contributed by atoms with Crippen LogP contribution in [0.5, 0.6) is 0 Å². The van der Waals surface area contributed by atoms with Crippen molar-refractivity contribution in [2.75, 3.05) is 6.54 Å². The molecular formula is C13H15N. The highest BCUT2D eigenvalue weighted by molar-refractivity contribution is 5.88. The van der Waals surface area contributed by atoms with Gasteiger partial charge in [0.25, 0.3) is 0 Å². The Morgan fingerprint density at radius 3 is 2.43 bits per heavy atom. The van der Waals surface area contributed by atoms with Gasteiger partial charge < -0.3 is 5.73 Å². The fourth-order valence-corrected chi connectivity index (χ4v) is 1.89. The molecule has 2 rings (SSSR count). The van der Waals surface area contributed by atoms with Crippen LogP contribution in [0.15, 0.2) is 36.4 Å². The van der Waals surface area contributed by atoms with E-state index in [1.165, 1.54) is 21.9 Å². The SMILES string of the molecule is Cc1ccc(CCN)c2ccccc12. The summed E-state index contributed by atoms with van der Waals surface area (Å²) in [6.45, 7) is 2.86. The van der Waals surface area contributed by atoms with E-state index < -0.39 is 0 Å². The first-order valence-electron chi connectivity index (χ1n) is 5.00. The number of benzene rings is 2. The van der Waals surface area contributed by atoms with Crippen molar-refractivity contribution in [1.82, 2.24) is 0 Å². The topological polar surface area (TPSA) is 26.0 Å². The van der Waals surface area contributed by atoms with Crippen molar-refractivity contribution < 1.29 is 0 Å². The van der Waals surface area contributed by atoms with E-state index in [1.54, 1.807) is 0 Å². The smallest absolute Gasteiger partial charge is 0.00365 e. The minimum Gasteiger partial charge on any atom is -0.330 e. The lowest BCUT2D eigenvalue weighted by Gasteiger charge is -2.07. The van der Waals surface area contributed by atoms with Crippen LogP contribution in [0.3, 0.4) is 0 Å². The molecule has 0 fully saturated rings. The van der Waals surface area contributed by atoms with E-state index in [-0.39, 0.29) is 0 Å². The number of aryl methyl sites for hydroxylation is 1. The zero-order valence-corrected chi connectivity index (χ0v) is 8.46. The van der Waals surface area contributed by atoms with Crippen LogP contribution in [0.1, 0.15) is 11.1 Å². The maximum absolute atomic E-state index is 5.59. The van der Waals surface area contributed by atoms with Gasteiger partial charge in [0.1, 0.15) is 0 Å². The predicted molar refractivity (Wildman–Crippen MR) is 61.4 cm³/mol. The Bertz CT molecular complexity index is 446. The third kappa shape index (κ3) is 1.51. The normalized spacial score (nSPS) is 10.7. The van der Waals surface area contributed by atoms with Crippen molar-refractivity contribution in [2.24, 2.45) is 5.73 Å². The second kappa shape index (κ2) is 3.81. The van der Waals surface area contributed by atoms with Gasteiger partial charge in [-0.2, -0.15) is 0 Å². The van der Waals surface area contributed by atoms with Crippen LogP contribution >= 0.6 is 0 Å². The lowest BCUT2D eigenvalue weighted by atomic mass is 9.99. The van der Waals surface area contributed by atoms with Crippen LogP contribution in [-0.2, 0) is 6.42 Å². The standard InChI is InChI=1S/C13H15N/c1-10-6-7-11(8-9-14)13-5-3-2-4-12(10)13/h2-7H,8-9,14H2,1H3.